The average Bonchev–Trinajstić information content (AvgIpc) is 2.72. The summed E-state index contributed by atoms with van der Waals surface area (Å²) in [4.78, 5) is 5.78. The molecule has 0 aliphatic heterocycles. The van der Waals surface area contributed by atoms with E-state index in [1.54, 1.807) is 13.3 Å². The predicted octanol–water partition coefficient (Wildman–Crippen LogP) is 5.50. The van der Waals surface area contributed by atoms with Crippen LogP contribution in [0, 0.1) is 0 Å². The SMILES string of the molecule is COc1ccccc1/C=N/OC(/C=C/c1ccccc1)c1ccccc1. The molecule has 3 aromatic rings. The highest BCUT2D eigenvalue weighted by Crippen LogP contribution is 2.21. The summed E-state index contributed by atoms with van der Waals surface area (Å²) in [6.07, 6.45) is 5.44. The van der Waals surface area contributed by atoms with Gasteiger partial charge in [-0.15, -0.1) is 0 Å². The molecule has 0 bridgehead atoms. The van der Waals surface area contributed by atoms with Gasteiger partial charge in [-0.3, -0.25) is 0 Å². The first kappa shape index (κ1) is 17.5. The maximum atomic E-state index is 5.78. The summed E-state index contributed by atoms with van der Waals surface area (Å²) in [5.41, 5.74) is 3.02. The highest BCUT2D eigenvalue weighted by atomic mass is 16.6. The number of rotatable bonds is 7. The van der Waals surface area contributed by atoms with Gasteiger partial charge in [0.1, 0.15) is 5.75 Å². The van der Waals surface area contributed by atoms with Crippen molar-refractivity contribution in [2.75, 3.05) is 7.11 Å². The largest absolute Gasteiger partial charge is 0.496 e. The van der Waals surface area contributed by atoms with Gasteiger partial charge in [0, 0.05) is 5.56 Å². The van der Waals surface area contributed by atoms with Crippen LogP contribution in [-0.4, -0.2) is 13.3 Å². The number of hydrogen-bond acceptors (Lipinski definition) is 3. The van der Waals surface area contributed by atoms with Gasteiger partial charge in [-0.05, 0) is 29.3 Å². The first-order valence-electron chi connectivity index (χ1n) is 8.47. The Hall–Kier alpha value is -3.33. The van der Waals surface area contributed by atoms with Crippen molar-refractivity contribution >= 4 is 12.3 Å². The van der Waals surface area contributed by atoms with Crippen LogP contribution in [0.15, 0.2) is 96.2 Å². The molecule has 3 rings (SSSR count). The van der Waals surface area contributed by atoms with Gasteiger partial charge in [0.25, 0.3) is 0 Å². The van der Waals surface area contributed by atoms with Crippen molar-refractivity contribution in [1.82, 2.24) is 0 Å². The Morgan fingerprint density at radius 1 is 0.808 bits per heavy atom. The second-order valence-electron chi connectivity index (χ2n) is 5.68. The molecule has 0 aliphatic rings. The summed E-state index contributed by atoms with van der Waals surface area (Å²) in [7, 11) is 1.64. The van der Waals surface area contributed by atoms with Crippen molar-refractivity contribution < 1.29 is 9.57 Å². The van der Waals surface area contributed by atoms with Gasteiger partial charge in [-0.25, -0.2) is 0 Å². The predicted molar refractivity (Wildman–Crippen MR) is 106 cm³/mol. The van der Waals surface area contributed by atoms with Crippen LogP contribution in [0.2, 0.25) is 0 Å². The van der Waals surface area contributed by atoms with Crippen LogP contribution in [-0.2, 0) is 4.84 Å². The molecule has 1 unspecified atom stereocenters. The molecule has 0 fully saturated rings. The van der Waals surface area contributed by atoms with Crippen molar-refractivity contribution in [2.45, 2.75) is 6.10 Å². The van der Waals surface area contributed by atoms with Crippen molar-refractivity contribution in [2.24, 2.45) is 5.16 Å². The zero-order valence-electron chi connectivity index (χ0n) is 14.7. The Labute approximate surface area is 154 Å². The van der Waals surface area contributed by atoms with Gasteiger partial charge >= 0.3 is 0 Å². The standard InChI is InChI=1S/C23H21NO2/c1-25-22-15-9-8-14-21(22)18-24-26-23(20-12-6-3-7-13-20)17-16-19-10-4-2-5-11-19/h2-18,23H,1H3/b17-16+,24-18+. The van der Waals surface area contributed by atoms with Crippen LogP contribution >= 0.6 is 0 Å². The van der Waals surface area contributed by atoms with Gasteiger partial charge in [-0.2, -0.15) is 0 Å². The zero-order valence-corrected chi connectivity index (χ0v) is 14.7. The molecule has 1 atom stereocenters. The number of hydrogen-bond donors (Lipinski definition) is 0. The van der Waals surface area contributed by atoms with E-state index in [0.717, 1.165) is 22.4 Å². The van der Waals surface area contributed by atoms with Crippen molar-refractivity contribution in [1.29, 1.82) is 0 Å². The minimum atomic E-state index is -0.276. The second-order valence-corrected chi connectivity index (χ2v) is 5.68. The zero-order chi connectivity index (χ0) is 18.0. The van der Waals surface area contributed by atoms with Gasteiger partial charge < -0.3 is 9.57 Å². The van der Waals surface area contributed by atoms with E-state index < -0.39 is 0 Å². The lowest BCUT2D eigenvalue weighted by atomic mass is 10.1. The molecular formula is C23H21NO2. The molecule has 0 heterocycles. The number of nitrogens with zero attached hydrogens (tertiary/aromatic N) is 1. The van der Waals surface area contributed by atoms with Crippen LogP contribution in [0.3, 0.4) is 0 Å². The number of oxime groups is 1. The molecule has 0 saturated carbocycles. The number of methoxy groups -OCH3 is 1. The first-order valence-corrected chi connectivity index (χ1v) is 8.47. The molecule has 0 radical (unpaired) electrons. The monoisotopic (exact) mass is 343 g/mol. The topological polar surface area (TPSA) is 30.8 Å². The van der Waals surface area contributed by atoms with Crippen molar-refractivity contribution in [3.05, 3.63) is 108 Å². The Bertz CT molecular complexity index is 858. The molecule has 0 aromatic heterocycles. The molecule has 3 nitrogen and oxygen atoms in total. The minimum absolute atomic E-state index is 0.276. The third-order valence-corrected chi connectivity index (χ3v) is 3.90. The van der Waals surface area contributed by atoms with Crippen LogP contribution in [0.1, 0.15) is 22.8 Å². The third-order valence-electron chi connectivity index (χ3n) is 3.90. The second kappa shape index (κ2) is 9.23. The molecule has 0 saturated heterocycles. The van der Waals surface area contributed by atoms with Crippen molar-refractivity contribution in [3.63, 3.8) is 0 Å². The third kappa shape index (κ3) is 4.84. The lowest BCUT2D eigenvalue weighted by Gasteiger charge is -2.11. The fraction of sp³-hybridized carbons (Fsp3) is 0.0870. The summed E-state index contributed by atoms with van der Waals surface area (Å²) in [6, 6.07) is 27.8. The quantitative estimate of drug-likeness (QED) is 0.419. The normalized spacial score (nSPS) is 12.3. The maximum absolute atomic E-state index is 5.78. The van der Waals surface area contributed by atoms with E-state index in [1.807, 2.05) is 84.9 Å². The summed E-state index contributed by atoms with van der Waals surface area (Å²) < 4.78 is 5.33. The smallest absolute Gasteiger partial charge is 0.171 e. The molecule has 130 valence electrons. The van der Waals surface area contributed by atoms with E-state index in [2.05, 4.69) is 17.3 Å². The highest BCUT2D eigenvalue weighted by Gasteiger charge is 2.08. The van der Waals surface area contributed by atoms with E-state index in [0.29, 0.717) is 0 Å². The Balaban J connectivity index is 1.78. The van der Waals surface area contributed by atoms with E-state index in [1.165, 1.54) is 0 Å². The van der Waals surface area contributed by atoms with Crippen LogP contribution in [0.25, 0.3) is 6.08 Å². The molecule has 0 aliphatic carbocycles. The highest BCUT2D eigenvalue weighted by molar-refractivity contribution is 5.83. The van der Waals surface area contributed by atoms with E-state index in [9.17, 15) is 0 Å². The molecule has 26 heavy (non-hydrogen) atoms. The molecule has 3 aromatic carbocycles. The fourth-order valence-corrected chi connectivity index (χ4v) is 2.54. The van der Waals surface area contributed by atoms with E-state index >= 15 is 0 Å². The van der Waals surface area contributed by atoms with Gasteiger partial charge in [0.05, 0.1) is 13.3 Å². The van der Waals surface area contributed by atoms with Crippen LogP contribution in [0.5, 0.6) is 5.75 Å². The molecule has 0 amide bonds. The van der Waals surface area contributed by atoms with Crippen LogP contribution in [0.4, 0.5) is 0 Å². The van der Waals surface area contributed by atoms with Crippen LogP contribution < -0.4 is 4.74 Å². The van der Waals surface area contributed by atoms with Crippen molar-refractivity contribution in [3.8, 4) is 5.75 Å². The number of ether oxygens (including phenoxy) is 1. The average molecular weight is 343 g/mol. The molecular weight excluding hydrogens is 322 g/mol. The molecule has 0 N–H and O–H groups in total. The minimum Gasteiger partial charge on any atom is -0.496 e. The summed E-state index contributed by atoms with van der Waals surface area (Å²) in [5, 5.41) is 4.18. The van der Waals surface area contributed by atoms with E-state index in [-0.39, 0.29) is 6.10 Å². The Kier molecular flexibility index (Phi) is 6.21. The van der Waals surface area contributed by atoms with Gasteiger partial charge in [-0.1, -0.05) is 84.0 Å². The fourth-order valence-electron chi connectivity index (χ4n) is 2.54. The lowest BCUT2D eigenvalue weighted by Crippen LogP contribution is -1.98. The summed E-state index contributed by atoms with van der Waals surface area (Å²) in [6.45, 7) is 0. The lowest BCUT2D eigenvalue weighted by molar-refractivity contribution is 0.0948. The summed E-state index contributed by atoms with van der Waals surface area (Å²) >= 11 is 0. The molecule has 0 spiro atoms. The Morgan fingerprint density at radius 2 is 1.46 bits per heavy atom. The Morgan fingerprint density at radius 3 is 2.19 bits per heavy atom. The number of para-hydroxylation sites is 1. The summed E-state index contributed by atoms with van der Waals surface area (Å²) in [5.74, 6) is 0.760. The number of benzene rings is 3. The maximum Gasteiger partial charge on any atom is 0.171 e. The van der Waals surface area contributed by atoms with Gasteiger partial charge in [0.2, 0.25) is 0 Å². The first-order chi connectivity index (χ1) is 12.9. The van der Waals surface area contributed by atoms with Gasteiger partial charge in [0.15, 0.2) is 6.10 Å². The van der Waals surface area contributed by atoms with E-state index in [4.69, 9.17) is 9.57 Å². The molecule has 3 heteroatoms.